The van der Waals surface area contributed by atoms with E-state index in [1.165, 1.54) is 0 Å². The number of amides is 1. The Bertz CT molecular complexity index is 698. The molecule has 1 fully saturated rings. The number of nitrogens with two attached hydrogens (primary N) is 1. The van der Waals surface area contributed by atoms with Crippen molar-refractivity contribution in [2.24, 2.45) is 11.7 Å². The van der Waals surface area contributed by atoms with Crippen LogP contribution in [0.3, 0.4) is 0 Å². The molecule has 1 amide bonds. The van der Waals surface area contributed by atoms with Gasteiger partial charge in [-0.2, -0.15) is 0 Å². The second kappa shape index (κ2) is 7.05. The minimum absolute atomic E-state index is 0.0972. The second-order valence-electron chi connectivity index (χ2n) is 6.65. The van der Waals surface area contributed by atoms with E-state index in [4.69, 9.17) is 10.5 Å². The molecule has 1 unspecified atom stereocenters. The monoisotopic (exact) mass is 324 g/mol. The van der Waals surface area contributed by atoms with Crippen molar-refractivity contribution in [3.63, 3.8) is 0 Å². The Morgan fingerprint density at radius 1 is 1.21 bits per heavy atom. The fourth-order valence-corrected chi connectivity index (χ4v) is 2.84. The average Bonchev–Trinajstić information content (AvgIpc) is 3.46. The molecule has 1 saturated carbocycles. The van der Waals surface area contributed by atoms with Crippen molar-refractivity contribution in [1.29, 1.82) is 0 Å². The number of hydrogen-bond acceptors (Lipinski definition) is 3. The summed E-state index contributed by atoms with van der Waals surface area (Å²) in [5.74, 6) is 1.08. The molecule has 0 aliphatic heterocycles. The first-order valence-electron chi connectivity index (χ1n) is 8.40. The Morgan fingerprint density at radius 3 is 2.62 bits per heavy atom. The van der Waals surface area contributed by atoms with Crippen LogP contribution < -0.4 is 15.8 Å². The van der Waals surface area contributed by atoms with E-state index in [-0.39, 0.29) is 11.4 Å². The van der Waals surface area contributed by atoms with Crippen molar-refractivity contribution in [3.8, 4) is 5.75 Å². The highest BCUT2D eigenvalue weighted by Crippen LogP contribution is 2.39. The van der Waals surface area contributed by atoms with Gasteiger partial charge in [0.25, 0.3) is 5.91 Å². The van der Waals surface area contributed by atoms with Gasteiger partial charge in [-0.3, -0.25) is 4.79 Å². The van der Waals surface area contributed by atoms with Crippen LogP contribution in [0.25, 0.3) is 0 Å². The van der Waals surface area contributed by atoms with Gasteiger partial charge in [-0.1, -0.05) is 36.4 Å². The van der Waals surface area contributed by atoms with Gasteiger partial charge in [0.2, 0.25) is 0 Å². The van der Waals surface area contributed by atoms with E-state index in [2.05, 4.69) is 5.32 Å². The van der Waals surface area contributed by atoms with Crippen LogP contribution in [0.15, 0.2) is 54.6 Å². The summed E-state index contributed by atoms with van der Waals surface area (Å²) in [6, 6.07) is 17.2. The smallest absolute Gasteiger partial charge is 0.251 e. The van der Waals surface area contributed by atoms with Gasteiger partial charge < -0.3 is 15.8 Å². The Labute approximate surface area is 143 Å². The molecular formula is C20H24N2O2. The van der Waals surface area contributed by atoms with Crippen molar-refractivity contribution in [1.82, 2.24) is 5.32 Å². The summed E-state index contributed by atoms with van der Waals surface area (Å²) >= 11 is 0. The predicted molar refractivity (Wildman–Crippen MR) is 94.9 cm³/mol. The lowest BCUT2D eigenvalue weighted by atomic mass is 9.95. The summed E-state index contributed by atoms with van der Waals surface area (Å²) in [6.07, 6.45) is 2.27. The number of carbonyl (C=O) groups excluding carboxylic acids is 1. The molecule has 0 bridgehead atoms. The molecule has 3 rings (SSSR count). The lowest BCUT2D eigenvalue weighted by Crippen LogP contribution is -2.53. The van der Waals surface area contributed by atoms with Crippen LogP contribution in [-0.2, 0) is 6.61 Å². The molecule has 0 spiro atoms. The van der Waals surface area contributed by atoms with Crippen LogP contribution >= 0.6 is 0 Å². The normalized spacial score (nSPS) is 16.2. The van der Waals surface area contributed by atoms with Gasteiger partial charge in [0, 0.05) is 12.1 Å². The van der Waals surface area contributed by atoms with Gasteiger partial charge in [0.05, 0.1) is 5.54 Å². The number of benzene rings is 2. The van der Waals surface area contributed by atoms with Crippen molar-refractivity contribution in [2.45, 2.75) is 31.9 Å². The van der Waals surface area contributed by atoms with E-state index in [1.54, 1.807) is 12.1 Å². The van der Waals surface area contributed by atoms with Crippen LogP contribution in [-0.4, -0.2) is 18.0 Å². The Morgan fingerprint density at radius 2 is 1.96 bits per heavy atom. The molecule has 0 heterocycles. The fraction of sp³-hybridized carbons (Fsp3) is 0.350. The molecule has 2 aromatic rings. The lowest BCUT2D eigenvalue weighted by molar-refractivity contribution is 0.0897. The van der Waals surface area contributed by atoms with E-state index in [9.17, 15) is 4.79 Å². The molecule has 0 saturated heterocycles. The van der Waals surface area contributed by atoms with E-state index in [0.717, 1.165) is 18.4 Å². The summed E-state index contributed by atoms with van der Waals surface area (Å²) in [5, 5.41) is 3.10. The summed E-state index contributed by atoms with van der Waals surface area (Å²) in [7, 11) is 0. The van der Waals surface area contributed by atoms with Crippen molar-refractivity contribution in [3.05, 3.63) is 65.7 Å². The quantitative estimate of drug-likeness (QED) is 0.822. The molecule has 0 radical (unpaired) electrons. The molecule has 1 atom stereocenters. The Kier molecular flexibility index (Phi) is 4.86. The number of carbonyl (C=O) groups is 1. The molecule has 4 nitrogen and oxygen atoms in total. The fourth-order valence-electron chi connectivity index (χ4n) is 2.84. The molecule has 3 N–H and O–H groups in total. The summed E-state index contributed by atoms with van der Waals surface area (Å²) in [6.45, 7) is 2.96. The first-order valence-corrected chi connectivity index (χ1v) is 8.40. The van der Waals surface area contributed by atoms with Crippen LogP contribution in [0.1, 0.15) is 35.7 Å². The van der Waals surface area contributed by atoms with Crippen LogP contribution in [0, 0.1) is 5.92 Å². The maximum Gasteiger partial charge on any atom is 0.251 e. The molecular weight excluding hydrogens is 300 g/mol. The number of nitrogens with one attached hydrogen (secondary N) is 1. The number of hydrogen-bond donors (Lipinski definition) is 2. The van der Waals surface area contributed by atoms with Crippen LogP contribution in [0.2, 0.25) is 0 Å². The molecule has 24 heavy (non-hydrogen) atoms. The SMILES string of the molecule is CC(CN)(NC(=O)c1cccc(OCc2ccccc2)c1)C1CC1. The lowest BCUT2D eigenvalue weighted by Gasteiger charge is -2.29. The highest BCUT2D eigenvalue weighted by Gasteiger charge is 2.41. The van der Waals surface area contributed by atoms with Gasteiger partial charge in [-0.25, -0.2) is 0 Å². The Balaban J connectivity index is 1.65. The highest BCUT2D eigenvalue weighted by molar-refractivity contribution is 5.95. The number of ether oxygens (including phenoxy) is 1. The maximum atomic E-state index is 12.6. The minimum atomic E-state index is -0.321. The molecule has 1 aliphatic rings. The largest absolute Gasteiger partial charge is 0.489 e. The second-order valence-corrected chi connectivity index (χ2v) is 6.65. The third-order valence-corrected chi connectivity index (χ3v) is 4.65. The van der Waals surface area contributed by atoms with E-state index in [1.807, 2.05) is 49.4 Å². The van der Waals surface area contributed by atoms with Gasteiger partial charge in [-0.15, -0.1) is 0 Å². The molecule has 126 valence electrons. The topological polar surface area (TPSA) is 64.3 Å². The van der Waals surface area contributed by atoms with E-state index in [0.29, 0.717) is 30.4 Å². The van der Waals surface area contributed by atoms with Crippen LogP contribution in [0.5, 0.6) is 5.75 Å². The summed E-state index contributed by atoms with van der Waals surface area (Å²) < 4.78 is 5.79. The molecule has 2 aromatic carbocycles. The van der Waals surface area contributed by atoms with E-state index < -0.39 is 0 Å². The third-order valence-electron chi connectivity index (χ3n) is 4.65. The van der Waals surface area contributed by atoms with Gasteiger partial charge in [0.1, 0.15) is 12.4 Å². The first-order chi connectivity index (χ1) is 11.6. The van der Waals surface area contributed by atoms with Crippen LogP contribution in [0.4, 0.5) is 0 Å². The maximum absolute atomic E-state index is 12.6. The van der Waals surface area contributed by atoms with E-state index >= 15 is 0 Å². The van der Waals surface area contributed by atoms with Crippen molar-refractivity contribution >= 4 is 5.91 Å². The van der Waals surface area contributed by atoms with Gasteiger partial charge in [-0.05, 0) is 49.4 Å². The standard InChI is InChI=1S/C20H24N2O2/c1-20(14-21,17-10-11-17)22-19(23)16-8-5-9-18(12-16)24-13-15-6-3-2-4-7-15/h2-9,12,17H,10-11,13-14,21H2,1H3,(H,22,23). The number of rotatable bonds is 7. The molecule has 1 aliphatic carbocycles. The summed E-state index contributed by atoms with van der Waals surface area (Å²) in [5.41, 5.74) is 7.25. The zero-order valence-corrected chi connectivity index (χ0v) is 14.0. The first kappa shape index (κ1) is 16.5. The Hall–Kier alpha value is -2.33. The van der Waals surface area contributed by atoms with Crippen molar-refractivity contribution in [2.75, 3.05) is 6.54 Å². The van der Waals surface area contributed by atoms with Crippen molar-refractivity contribution < 1.29 is 9.53 Å². The molecule has 0 aromatic heterocycles. The van der Waals surface area contributed by atoms with Gasteiger partial charge in [0.15, 0.2) is 0 Å². The van der Waals surface area contributed by atoms with Gasteiger partial charge >= 0.3 is 0 Å². The minimum Gasteiger partial charge on any atom is -0.489 e. The summed E-state index contributed by atoms with van der Waals surface area (Å²) in [4.78, 5) is 12.6. The zero-order valence-electron chi connectivity index (χ0n) is 14.0. The third kappa shape index (κ3) is 3.95. The zero-order chi connectivity index (χ0) is 17.0. The highest BCUT2D eigenvalue weighted by atomic mass is 16.5. The molecule has 4 heteroatoms. The average molecular weight is 324 g/mol. The predicted octanol–water partition coefficient (Wildman–Crippen LogP) is 3.12.